The summed E-state index contributed by atoms with van der Waals surface area (Å²) in [5.74, 6) is 0.497. The Balaban J connectivity index is 1.02. The molecule has 2 aliphatic rings. The van der Waals surface area contributed by atoms with Crippen LogP contribution in [0, 0.1) is 0 Å². The molecule has 9 heteroatoms. The van der Waals surface area contributed by atoms with Crippen LogP contribution in [0.1, 0.15) is 147 Å². The van der Waals surface area contributed by atoms with Gasteiger partial charge in [0, 0.05) is 45.1 Å². The molecule has 2 aliphatic heterocycles. The van der Waals surface area contributed by atoms with Crippen molar-refractivity contribution in [3.05, 3.63) is 52.0 Å². The van der Waals surface area contributed by atoms with Crippen molar-refractivity contribution in [2.24, 2.45) is 0 Å². The second-order valence-corrected chi connectivity index (χ2v) is 15.9. The van der Waals surface area contributed by atoms with E-state index < -0.39 is 0 Å². The van der Waals surface area contributed by atoms with Crippen molar-refractivity contribution in [1.82, 2.24) is 4.90 Å². The van der Waals surface area contributed by atoms with E-state index in [9.17, 15) is 9.59 Å². The molecule has 0 aliphatic carbocycles. The lowest BCUT2D eigenvalue weighted by Gasteiger charge is -2.36. The molecule has 0 atom stereocenters. The van der Waals surface area contributed by atoms with Gasteiger partial charge in [-0.3, -0.25) is 19.4 Å². The molecule has 4 rings (SSSR count). The number of nitrogens with zero attached hydrogens (tertiary/aromatic N) is 3. The zero-order chi connectivity index (χ0) is 37.5. The lowest BCUT2D eigenvalue weighted by molar-refractivity contribution is -0.144. The van der Waals surface area contributed by atoms with Crippen molar-refractivity contribution < 1.29 is 19.1 Å². The highest BCUT2D eigenvalue weighted by Gasteiger charge is 2.26. The van der Waals surface area contributed by atoms with Gasteiger partial charge < -0.3 is 14.4 Å². The molecule has 296 valence electrons. The van der Waals surface area contributed by atoms with E-state index in [4.69, 9.17) is 32.7 Å². The molecule has 0 unspecified atom stereocenters. The van der Waals surface area contributed by atoms with E-state index in [2.05, 4.69) is 16.7 Å². The van der Waals surface area contributed by atoms with Gasteiger partial charge in [0.05, 0.1) is 28.0 Å². The van der Waals surface area contributed by atoms with Crippen LogP contribution < -0.4 is 14.5 Å². The van der Waals surface area contributed by atoms with Gasteiger partial charge in [0.2, 0.25) is 5.91 Å². The Kier molecular flexibility index (Phi) is 20.9. The zero-order valence-corrected chi connectivity index (χ0v) is 34.2. The minimum absolute atomic E-state index is 0.0158. The molecule has 53 heavy (non-hydrogen) atoms. The molecule has 7 nitrogen and oxygen atoms in total. The fourth-order valence-corrected chi connectivity index (χ4v) is 7.94. The van der Waals surface area contributed by atoms with Crippen molar-refractivity contribution in [2.75, 3.05) is 55.9 Å². The molecule has 2 aromatic rings. The Hall–Kier alpha value is -2.48. The summed E-state index contributed by atoms with van der Waals surface area (Å²) in [6.45, 7) is 7.71. The topological polar surface area (TPSA) is 62.3 Å². The van der Waals surface area contributed by atoms with Crippen LogP contribution in [0.3, 0.4) is 0 Å². The van der Waals surface area contributed by atoms with Crippen LogP contribution in [-0.4, -0.2) is 62.8 Å². The smallest absolute Gasteiger partial charge is 0.307 e. The minimum Gasteiger partial charge on any atom is -0.494 e. The number of rotatable bonds is 27. The third kappa shape index (κ3) is 16.0. The Morgan fingerprint density at radius 1 is 0.698 bits per heavy atom. The van der Waals surface area contributed by atoms with E-state index in [0.717, 1.165) is 81.1 Å². The van der Waals surface area contributed by atoms with Crippen molar-refractivity contribution in [3.63, 3.8) is 0 Å². The molecule has 0 spiro atoms. The fourth-order valence-electron chi connectivity index (χ4n) is 7.53. The number of amides is 1. The number of fused-ring (bicyclic) bond motifs is 1. The lowest BCUT2D eigenvalue weighted by Crippen LogP contribution is -2.46. The van der Waals surface area contributed by atoms with Crippen LogP contribution in [0.4, 0.5) is 11.4 Å². The molecule has 1 saturated heterocycles. The quantitative estimate of drug-likeness (QED) is 0.0666. The first-order valence-electron chi connectivity index (χ1n) is 21.1. The Morgan fingerprint density at radius 2 is 1.32 bits per heavy atom. The first-order chi connectivity index (χ1) is 26.0. The van der Waals surface area contributed by atoms with Gasteiger partial charge in [-0.25, -0.2) is 0 Å². The minimum atomic E-state index is -0.229. The van der Waals surface area contributed by atoms with Gasteiger partial charge in [-0.1, -0.05) is 145 Å². The number of carbonyl (C=O) groups excluding carboxylic acids is 2. The Morgan fingerprint density at radius 3 is 1.96 bits per heavy atom. The van der Waals surface area contributed by atoms with Crippen molar-refractivity contribution in [1.29, 1.82) is 0 Å². The van der Waals surface area contributed by atoms with Crippen LogP contribution >= 0.6 is 23.2 Å². The summed E-state index contributed by atoms with van der Waals surface area (Å²) in [6.07, 6.45) is 25.8. The molecule has 1 fully saturated rings. The summed E-state index contributed by atoms with van der Waals surface area (Å²) in [4.78, 5) is 31.8. The second kappa shape index (κ2) is 25.6. The standard InChI is InChI=1S/C44H67Cl2N3O4/c1-2-3-4-5-6-7-8-9-10-11-12-13-14-15-16-17-18-24-43(51)53-36-49-41-35-38(27-25-37(41)26-28-42(49)50)52-34-20-19-29-47-30-32-48(33-31-47)40-23-21-22-39(45)44(40)46/h21-23,25,27,35H,2-20,24,26,28-34,36H2,1H3. The number of anilines is 2. The highest BCUT2D eigenvalue weighted by Crippen LogP contribution is 2.34. The highest BCUT2D eigenvalue weighted by molar-refractivity contribution is 6.43. The number of hydrogen-bond donors (Lipinski definition) is 0. The summed E-state index contributed by atoms with van der Waals surface area (Å²) in [5.41, 5.74) is 2.89. The van der Waals surface area contributed by atoms with E-state index >= 15 is 0 Å². The molecule has 1 amide bonds. The summed E-state index contributed by atoms with van der Waals surface area (Å²) in [7, 11) is 0. The van der Waals surface area contributed by atoms with Crippen molar-refractivity contribution in [3.8, 4) is 5.75 Å². The van der Waals surface area contributed by atoms with Gasteiger partial charge >= 0.3 is 5.97 Å². The van der Waals surface area contributed by atoms with E-state index in [1.54, 1.807) is 4.90 Å². The predicted octanol–water partition coefficient (Wildman–Crippen LogP) is 11.8. The average molecular weight is 773 g/mol. The third-order valence-corrected chi connectivity index (χ3v) is 11.7. The number of piperazine rings is 1. The van der Waals surface area contributed by atoms with Gasteiger partial charge in [-0.05, 0) is 56.0 Å². The fraction of sp³-hybridized carbons (Fsp3) is 0.682. The molecule has 0 bridgehead atoms. The van der Waals surface area contributed by atoms with E-state index in [1.165, 1.54) is 96.3 Å². The molecule has 0 saturated carbocycles. The maximum absolute atomic E-state index is 12.9. The van der Waals surface area contributed by atoms with Gasteiger partial charge in [0.1, 0.15) is 5.75 Å². The van der Waals surface area contributed by atoms with Crippen LogP contribution in [0.2, 0.25) is 10.0 Å². The van der Waals surface area contributed by atoms with Gasteiger partial charge in [0.15, 0.2) is 6.73 Å². The molecule has 2 aromatic carbocycles. The number of esters is 1. The summed E-state index contributed by atoms with van der Waals surface area (Å²) >= 11 is 12.7. The monoisotopic (exact) mass is 771 g/mol. The van der Waals surface area contributed by atoms with Crippen LogP contribution in [0.5, 0.6) is 5.75 Å². The molecule has 0 radical (unpaired) electrons. The molecule has 0 aromatic heterocycles. The van der Waals surface area contributed by atoms with Crippen LogP contribution in [0.15, 0.2) is 36.4 Å². The number of aryl methyl sites for hydroxylation is 1. The lowest BCUT2D eigenvalue weighted by atomic mass is 10.0. The summed E-state index contributed by atoms with van der Waals surface area (Å²) in [6, 6.07) is 11.8. The first-order valence-corrected chi connectivity index (χ1v) is 21.8. The van der Waals surface area contributed by atoms with Crippen LogP contribution in [-0.2, 0) is 20.7 Å². The van der Waals surface area contributed by atoms with Crippen LogP contribution in [0.25, 0.3) is 0 Å². The van der Waals surface area contributed by atoms with E-state index in [0.29, 0.717) is 35.9 Å². The summed E-state index contributed by atoms with van der Waals surface area (Å²) < 4.78 is 11.7. The predicted molar refractivity (Wildman–Crippen MR) is 222 cm³/mol. The number of halogens is 2. The average Bonchev–Trinajstić information content (AvgIpc) is 3.17. The van der Waals surface area contributed by atoms with Crippen molar-refractivity contribution >= 4 is 46.5 Å². The molecule has 0 N–H and O–H groups in total. The van der Waals surface area contributed by atoms with Gasteiger partial charge in [-0.15, -0.1) is 0 Å². The third-order valence-electron chi connectivity index (χ3n) is 10.9. The Bertz CT molecular complexity index is 1350. The maximum atomic E-state index is 12.9. The highest BCUT2D eigenvalue weighted by atomic mass is 35.5. The molecular weight excluding hydrogens is 705 g/mol. The number of hydrogen-bond acceptors (Lipinski definition) is 6. The number of unbranched alkanes of at least 4 members (excludes halogenated alkanes) is 17. The van der Waals surface area contributed by atoms with E-state index in [-0.39, 0.29) is 18.6 Å². The summed E-state index contributed by atoms with van der Waals surface area (Å²) in [5, 5.41) is 1.23. The maximum Gasteiger partial charge on any atom is 0.307 e. The second-order valence-electron chi connectivity index (χ2n) is 15.1. The SMILES string of the molecule is CCCCCCCCCCCCCCCCCCCC(=O)OCN1C(=O)CCc2ccc(OCCCCN3CCN(c4cccc(Cl)c4Cl)CC3)cc21. The van der Waals surface area contributed by atoms with Gasteiger partial charge in [-0.2, -0.15) is 0 Å². The van der Waals surface area contributed by atoms with E-state index in [1.807, 2.05) is 36.4 Å². The zero-order valence-electron chi connectivity index (χ0n) is 32.7. The Labute approximate surface area is 331 Å². The largest absolute Gasteiger partial charge is 0.494 e. The number of carbonyl (C=O) groups is 2. The first kappa shape index (κ1) is 43.3. The van der Waals surface area contributed by atoms with Crippen molar-refractivity contribution in [2.45, 2.75) is 148 Å². The van der Waals surface area contributed by atoms with Gasteiger partial charge in [0.25, 0.3) is 0 Å². The number of benzene rings is 2. The molecule has 2 heterocycles. The number of ether oxygens (including phenoxy) is 2. The normalized spacial score (nSPS) is 14.8. The molecular formula is C44H67Cl2N3O4.